The lowest BCUT2D eigenvalue weighted by Crippen LogP contribution is -2.25. The maximum Gasteiger partial charge on any atom is 0.141 e. The molecule has 0 heterocycles. The van der Waals surface area contributed by atoms with E-state index in [0.717, 1.165) is 37.5 Å². The molecule has 0 bridgehead atoms. The summed E-state index contributed by atoms with van der Waals surface area (Å²) in [6, 6.07) is 6.02. The van der Waals surface area contributed by atoms with E-state index >= 15 is 0 Å². The molecule has 1 aromatic carbocycles. The zero-order chi connectivity index (χ0) is 12.0. The molecule has 0 atom stereocenters. The Morgan fingerprint density at radius 2 is 1.94 bits per heavy atom. The Balaban J connectivity index is 2.58. The van der Waals surface area contributed by atoms with E-state index in [2.05, 4.69) is 24.8 Å². The molecule has 3 heteroatoms. The first-order valence-corrected chi connectivity index (χ1v) is 5.86. The van der Waals surface area contributed by atoms with Crippen molar-refractivity contribution in [1.29, 1.82) is 0 Å². The van der Waals surface area contributed by atoms with Gasteiger partial charge in [0.15, 0.2) is 0 Å². The molecule has 0 spiro atoms. The largest absolute Gasteiger partial charge is 0.495 e. The van der Waals surface area contributed by atoms with Gasteiger partial charge in [0.05, 0.1) is 12.8 Å². The molecule has 16 heavy (non-hydrogen) atoms. The smallest absolute Gasteiger partial charge is 0.141 e. The summed E-state index contributed by atoms with van der Waals surface area (Å²) in [7, 11) is 1.64. The van der Waals surface area contributed by atoms with Crippen molar-refractivity contribution < 1.29 is 4.74 Å². The van der Waals surface area contributed by atoms with Crippen molar-refractivity contribution >= 4 is 5.69 Å². The van der Waals surface area contributed by atoms with Crippen LogP contribution in [-0.4, -0.2) is 31.6 Å². The predicted octanol–water partition coefficient (Wildman–Crippen LogP) is 2.16. The number of ether oxygens (including phenoxy) is 1. The van der Waals surface area contributed by atoms with E-state index in [1.165, 1.54) is 5.56 Å². The summed E-state index contributed by atoms with van der Waals surface area (Å²) >= 11 is 0. The number of methoxy groups -OCH3 is 1. The molecule has 3 nitrogen and oxygen atoms in total. The molecule has 2 N–H and O–H groups in total. The SMILES string of the molecule is CCN(CC)CCc1ccc(OC)c(N)c1. The van der Waals surface area contributed by atoms with Gasteiger partial charge in [0.1, 0.15) is 5.75 Å². The number of nitrogen functional groups attached to an aromatic ring is 1. The van der Waals surface area contributed by atoms with Crippen molar-refractivity contribution in [3.63, 3.8) is 0 Å². The molecule has 0 amide bonds. The summed E-state index contributed by atoms with van der Waals surface area (Å²) in [5.74, 6) is 0.756. The minimum absolute atomic E-state index is 0.722. The minimum atomic E-state index is 0.722. The van der Waals surface area contributed by atoms with E-state index < -0.39 is 0 Å². The number of benzene rings is 1. The van der Waals surface area contributed by atoms with Crippen molar-refractivity contribution in [2.75, 3.05) is 32.5 Å². The lowest BCUT2D eigenvalue weighted by Gasteiger charge is -2.18. The fourth-order valence-electron chi connectivity index (χ4n) is 1.77. The zero-order valence-electron chi connectivity index (χ0n) is 10.5. The fraction of sp³-hybridized carbons (Fsp3) is 0.538. The van der Waals surface area contributed by atoms with Crippen LogP contribution < -0.4 is 10.5 Å². The average molecular weight is 222 g/mol. The normalized spacial score (nSPS) is 10.8. The molecule has 0 aliphatic carbocycles. The van der Waals surface area contributed by atoms with Gasteiger partial charge in [-0.25, -0.2) is 0 Å². The Hall–Kier alpha value is -1.22. The molecule has 0 saturated carbocycles. The maximum atomic E-state index is 5.86. The van der Waals surface area contributed by atoms with Gasteiger partial charge in [-0.3, -0.25) is 0 Å². The van der Waals surface area contributed by atoms with E-state index in [4.69, 9.17) is 10.5 Å². The summed E-state index contributed by atoms with van der Waals surface area (Å²) in [6.45, 7) is 7.65. The standard InChI is InChI=1S/C13H22N2O/c1-4-15(5-2)9-8-11-6-7-13(16-3)12(14)10-11/h6-7,10H,4-5,8-9,14H2,1-3H3. The number of anilines is 1. The molecule has 1 aromatic rings. The maximum absolute atomic E-state index is 5.86. The molecule has 1 rings (SSSR count). The van der Waals surface area contributed by atoms with Crippen LogP contribution in [0.15, 0.2) is 18.2 Å². The summed E-state index contributed by atoms with van der Waals surface area (Å²) in [6.07, 6.45) is 1.04. The number of nitrogens with two attached hydrogens (primary N) is 1. The highest BCUT2D eigenvalue weighted by Crippen LogP contribution is 2.22. The van der Waals surface area contributed by atoms with E-state index in [9.17, 15) is 0 Å². The highest BCUT2D eigenvalue weighted by molar-refractivity contribution is 5.54. The van der Waals surface area contributed by atoms with Gasteiger partial charge in [-0.15, -0.1) is 0 Å². The summed E-state index contributed by atoms with van der Waals surface area (Å²) in [5.41, 5.74) is 7.86. The molecule has 0 saturated heterocycles. The van der Waals surface area contributed by atoms with Gasteiger partial charge in [0.25, 0.3) is 0 Å². The van der Waals surface area contributed by atoms with Crippen LogP contribution in [0.25, 0.3) is 0 Å². The van der Waals surface area contributed by atoms with E-state index in [-0.39, 0.29) is 0 Å². The topological polar surface area (TPSA) is 38.5 Å². The summed E-state index contributed by atoms with van der Waals surface area (Å²) in [4.78, 5) is 2.40. The Bertz CT molecular complexity index is 322. The van der Waals surface area contributed by atoms with Gasteiger partial charge in [-0.2, -0.15) is 0 Å². The van der Waals surface area contributed by atoms with E-state index in [1.807, 2.05) is 12.1 Å². The zero-order valence-corrected chi connectivity index (χ0v) is 10.5. The van der Waals surface area contributed by atoms with Crippen LogP contribution in [0, 0.1) is 0 Å². The molecule has 90 valence electrons. The lowest BCUT2D eigenvalue weighted by molar-refractivity contribution is 0.308. The van der Waals surface area contributed by atoms with Gasteiger partial charge >= 0.3 is 0 Å². The Morgan fingerprint density at radius 1 is 1.25 bits per heavy atom. The van der Waals surface area contributed by atoms with Crippen LogP contribution in [0.1, 0.15) is 19.4 Å². The highest BCUT2D eigenvalue weighted by atomic mass is 16.5. The fourth-order valence-corrected chi connectivity index (χ4v) is 1.77. The highest BCUT2D eigenvalue weighted by Gasteiger charge is 2.03. The van der Waals surface area contributed by atoms with E-state index in [0.29, 0.717) is 0 Å². The van der Waals surface area contributed by atoms with Gasteiger partial charge in [0.2, 0.25) is 0 Å². The number of rotatable bonds is 6. The van der Waals surface area contributed by atoms with Crippen LogP contribution in [0.5, 0.6) is 5.75 Å². The van der Waals surface area contributed by atoms with Crippen molar-refractivity contribution in [2.24, 2.45) is 0 Å². The third kappa shape index (κ3) is 3.42. The van der Waals surface area contributed by atoms with Crippen LogP contribution in [0.3, 0.4) is 0 Å². The Morgan fingerprint density at radius 3 is 2.44 bits per heavy atom. The third-order valence-corrected chi connectivity index (χ3v) is 2.91. The number of nitrogens with zero attached hydrogens (tertiary/aromatic N) is 1. The third-order valence-electron chi connectivity index (χ3n) is 2.91. The first-order valence-electron chi connectivity index (χ1n) is 5.86. The molecule has 0 aliphatic heterocycles. The van der Waals surface area contributed by atoms with Gasteiger partial charge in [0, 0.05) is 6.54 Å². The average Bonchev–Trinajstić information content (AvgIpc) is 2.30. The molecule has 0 aromatic heterocycles. The number of likely N-dealkylation sites (N-methyl/N-ethyl adjacent to an activating group) is 1. The number of hydrogen-bond donors (Lipinski definition) is 1. The second-order valence-electron chi connectivity index (χ2n) is 3.85. The van der Waals surface area contributed by atoms with Gasteiger partial charge in [-0.05, 0) is 37.2 Å². The van der Waals surface area contributed by atoms with Crippen molar-refractivity contribution in [3.05, 3.63) is 23.8 Å². The summed E-state index contributed by atoms with van der Waals surface area (Å²) < 4.78 is 5.13. The van der Waals surface area contributed by atoms with Gasteiger partial charge < -0.3 is 15.4 Å². The predicted molar refractivity (Wildman–Crippen MR) is 68.9 cm³/mol. The quantitative estimate of drug-likeness (QED) is 0.750. The summed E-state index contributed by atoms with van der Waals surface area (Å²) in [5, 5.41) is 0. The van der Waals surface area contributed by atoms with Crippen molar-refractivity contribution in [3.8, 4) is 5.75 Å². The monoisotopic (exact) mass is 222 g/mol. The van der Waals surface area contributed by atoms with E-state index in [1.54, 1.807) is 7.11 Å². The van der Waals surface area contributed by atoms with Gasteiger partial charge in [-0.1, -0.05) is 19.9 Å². The Labute approximate surface area is 98.2 Å². The molecular formula is C13H22N2O. The molecule has 0 unspecified atom stereocenters. The second-order valence-corrected chi connectivity index (χ2v) is 3.85. The van der Waals surface area contributed by atoms with Crippen molar-refractivity contribution in [1.82, 2.24) is 4.90 Å². The molecular weight excluding hydrogens is 200 g/mol. The first-order chi connectivity index (χ1) is 7.71. The lowest BCUT2D eigenvalue weighted by atomic mass is 10.1. The first kappa shape index (κ1) is 12.8. The van der Waals surface area contributed by atoms with Crippen LogP contribution in [-0.2, 0) is 6.42 Å². The van der Waals surface area contributed by atoms with Crippen LogP contribution >= 0.6 is 0 Å². The minimum Gasteiger partial charge on any atom is -0.495 e. The van der Waals surface area contributed by atoms with Crippen LogP contribution in [0.2, 0.25) is 0 Å². The number of hydrogen-bond acceptors (Lipinski definition) is 3. The van der Waals surface area contributed by atoms with Crippen molar-refractivity contribution in [2.45, 2.75) is 20.3 Å². The molecule has 0 fully saturated rings. The molecule has 0 aliphatic rings. The second kappa shape index (κ2) is 6.38. The van der Waals surface area contributed by atoms with Crippen LogP contribution in [0.4, 0.5) is 5.69 Å². The Kier molecular flexibility index (Phi) is 5.12. The molecule has 0 radical (unpaired) electrons.